The highest BCUT2D eigenvalue weighted by molar-refractivity contribution is 5.85. The molecule has 1 N–H and O–H groups in total. The summed E-state index contributed by atoms with van der Waals surface area (Å²) in [5.74, 6) is 0.937. The molecule has 2 aliphatic rings. The highest BCUT2D eigenvalue weighted by Gasteiger charge is 2.20. The van der Waals surface area contributed by atoms with E-state index in [1.165, 1.54) is 65.1 Å². The van der Waals surface area contributed by atoms with Crippen LogP contribution in [0.2, 0.25) is 0 Å². The van der Waals surface area contributed by atoms with Crippen LogP contribution >= 0.6 is 12.4 Å². The van der Waals surface area contributed by atoms with Gasteiger partial charge in [-0.1, -0.05) is 0 Å². The summed E-state index contributed by atoms with van der Waals surface area (Å²) < 4.78 is 0. The van der Waals surface area contributed by atoms with Crippen molar-refractivity contribution < 1.29 is 0 Å². The van der Waals surface area contributed by atoms with E-state index in [9.17, 15) is 0 Å². The fourth-order valence-electron chi connectivity index (χ4n) is 3.04. The lowest BCUT2D eigenvalue weighted by Gasteiger charge is -2.37. The van der Waals surface area contributed by atoms with E-state index in [0.29, 0.717) is 0 Å². The fourth-order valence-corrected chi connectivity index (χ4v) is 3.04. The van der Waals surface area contributed by atoms with E-state index in [1.54, 1.807) is 0 Å². The van der Waals surface area contributed by atoms with Gasteiger partial charge in [0.1, 0.15) is 0 Å². The molecule has 3 nitrogen and oxygen atoms in total. The zero-order valence-electron chi connectivity index (χ0n) is 12.0. The lowest BCUT2D eigenvalue weighted by molar-refractivity contribution is 0.103. The molecule has 2 heterocycles. The Morgan fingerprint density at radius 3 is 2.44 bits per heavy atom. The third kappa shape index (κ3) is 5.04. The second-order valence-electron chi connectivity index (χ2n) is 5.97. The summed E-state index contributed by atoms with van der Waals surface area (Å²) >= 11 is 0. The molecule has 2 fully saturated rings. The van der Waals surface area contributed by atoms with Crippen LogP contribution in [-0.4, -0.2) is 61.7 Å². The molecule has 2 saturated heterocycles. The molecular formula is C14H30ClN3. The first kappa shape index (κ1) is 16.2. The van der Waals surface area contributed by atoms with Gasteiger partial charge in [0.15, 0.2) is 0 Å². The maximum Gasteiger partial charge on any atom is 0.0113 e. The normalized spacial score (nSPS) is 27.2. The topological polar surface area (TPSA) is 18.5 Å². The van der Waals surface area contributed by atoms with Gasteiger partial charge in [-0.15, -0.1) is 12.4 Å². The van der Waals surface area contributed by atoms with E-state index >= 15 is 0 Å². The van der Waals surface area contributed by atoms with E-state index in [1.807, 2.05) is 0 Å². The van der Waals surface area contributed by atoms with Crippen LogP contribution in [0.3, 0.4) is 0 Å². The first-order valence-corrected chi connectivity index (χ1v) is 7.43. The van der Waals surface area contributed by atoms with Crippen molar-refractivity contribution in [1.29, 1.82) is 0 Å². The molecule has 0 aliphatic carbocycles. The largest absolute Gasteiger partial charge is 0.316 e. The summed E-state index contributed by atoms with van der Waals surface area (Å²) in [4.78, 5) is 5.26. The zero-order chi connectivity index (χ0) is 12.1. The minimum atomic E-state index is 0. The van der Waals surface area contributed by atoms with Gasteiger partial charge in [-0.3, -0.25) is 4.90 Å². The second kappa shape index (κ2) is 8.36. The van der Waals surface area contributed by atoms with Crippen LogP contribution in [0.5, 0.6) is 0 Å². The van der Waals surface area contributed by atoms with Gasteiger partial charge in [0.2, 0.25) is 0 Å². The number of hydrogen-bond donors (Lipinski definition) is 1. The first-order chi connectivity index (χ1) is 8.25. The number of piperidine rings is 1. The minimum absolute atomic E-state index is 0. The molecule has 0 amide bonds. The molecule has 1 atom stereocenters. The van der Waals surface area contributed by atoms with E-state index in [-0.39, 0.29) is 12.4 Å². The third-order valence-electron chi connectivity index (χ3n) is 4.39. The van der Waals surface area contributed by atoms with Gasteiger partial charge in [0, 0.05) is 32.2 Å². The number of piperazine rings is 1. The van der Waals surface area contributed by atoms with Crippen LogP contribution < -0.4 is 5.32 Å². The van der Waals surface area contributed by atoms with Gasteiger partial charge in [-0.05, 0) is 58.7 Å². The van der Waals surface area contributed by atoms with Gasteiger partial charge in [0.05, 0.1) is 0 Å². The summed E-state index contributed by atoms with van der Waals surface area (Å²) in [6, 6.07) is 0.722. The number of hydrogen-bond acceptors (Lipinski definition) is 3. The molecule has 0 bridgehead atoms. The molecule has 2 rings (SSSR count). The van der Waals surface area contributed by atoms with Crippen molar-refractivity contribution in [1.82, 2.24) is 15.1 Å². The van der Waals surface area contributed by atoms with Crippen LogP contribution in [0, 0.1) is 5.92 Å². The Morgan fingerprint density at radius 1 is 1.17 bits per heavy atom. The number of nitrogens with zero attached hydrogens (tertiary/aromatic N) is 2. The lowest BCUT2D eigenvalue weighted by Crippen LogP contribution is -2.49. The molecule has 2 aliphatic heterocycles. The fraction of sp³-hybridized carbons (Fsp3) is 1.00. The number of rotatable bonds is 4. The summed E-state index contributed by atoms with van der Waals surface area (Å²) in [5, 5.41) is 3.52. The molecule has 0 spiro atoms. The van der Waals surface area contributed by atoms with Crippen molar-refractivity contribution in [2.24, 2.45) is 5.92 Å². The van der Waals surface area contributed by atoms with Crippen LogP contribution in [0.4, 0.5) is 0 Å². The van der Waals surface area contributed by atoms with Crippen molar-refractivity contribution in [3.05, 3.63) is 0 Å². The van der Waals surface area contributed by atoms with E-state index in [2.05, 4.69) is 29.0 Å². The van der Waals surface area contributed by atoms with Crippen molar-refractivity contribution >= 4 is 12.4 Å². The zero-order valence-corrected chi connectivity index (χ0v) is 12.8. The Kier molecular flexibility index (Phi) is 7.54. The van der Waals surface area contributed by atoms with Gasteiger partial charge < -0.3 is 10.2 Å². The molecule has 0 saturated carbocycles. The molecule has 18 heavy (non-hydrogen) atoms. The maximum atomic E-state index is 3.52. The lowest BCUT2D eigenvalue weighted by atomic mass is 9.96. The van der Waals surface area contributed by atoms with E-state index in [4.69, 9.17) is 0 Å². The van der Waals surface area contributed by atoms with Crippen molar-refractivity contribution in [2.45, 2.75) is 39.2 Å². The summed E-state index contributed by atoms with van der Waals surface area (Å²) in [6.07, 6.45) is 4.22. The first-order valence-electron chi connectivity index (χ1n) is 7.43. The Balaban J connectivity index is 0.00000162. The van der Waals surface area contributed by atoms with Gasteiger partial charge in [-0.2, -0.15) is 0 Å². The Morgan fingerprint density at radius 2 is 1.89 bits per heavy atom. The van der Waals surface area contributed by atoms with Gasteiger partial charge in [0.25, 0.3) is 0 Å². The molecule has 1 unspecified atom stereocenters. The van der Waals surface area contributed by atoms with Gasteiger partial charge in [-0.25, -0.2) is 0 Å². The SMILES string of the molecule is CC(C)N1CCN(CCC2CCCNC2)CC1.Cl. The highest BCUT2D eigenvalue weighted by Crippen LogP contribution is 2.15. The summed E-state index contributed by atoms with van der Waals surface area (Å²) in [6.45, 7) is 13.5. The van der Waals surface area contributed by atoms with Crippen molar-refractivity contribution in [3.63, 3.8) is 0 Å². The predicted molar refractivity (Wildman–Crippen MR) is 80.6 cm³/mol. The molecule has 0 aromatic carbocycles. The van der Waals surface area contributed by atoms with Crippen LogP contribution in [-0.2, 0) is 0 Å². The Bertz CT molecular complexity index is 209. The van der Waals surface area contributed by atoms with Crippen molar-refractivity contribution in [2.75, 3.05) is 45.8 Å². The van der Waals surface area contributed by atoms with Crippen molar-refractivity contribution in [3.8, 4) is 0 Å². The van der Waals surface area contributed by atoms with Crippen LogP contribution in [0.1, 0.15) is 33.1 Å². The molecule has 0 aromatic rings. The van der Waals surface area contributed by atoms with Crippen LogP contribution in [0.25, 0.3) is 0 Å². The Hall–Kier alpha value is 0.170. The van der Waals surface area contributed by atoms with Crippen LogP contribution in [0.15, 0.2) is 0 Å². The molecule has 4 heteroatoms. The number of nitrogens with one attached hydrogen (secondary N) is 1. The Labute approximate surface area is 119 Å². The molecule has 0 radical (unpaired) electrons. The standard InChI is InChI=1S/C14H29N3.ClH/c1-13(2)17-10-8-16(9-11-17)7-5-14-4-3-6-15-12-14;/h13-15H,3-12H2,1-2H3;1H. The quantitative estimate of drug-likeness (QED) is 0.845. The second-order valence-corrected chi connectivity index (χ2v) is 5.97. The third-order valence-corrected chi connectivity index (χ3v) is 4.39. The summed E-state index contributed by atoms with van der Waals surface area (Å²) in [5.41, 5.74) is 0. The van der Waals surface area contributed by atoms with Gasteiger partial charge >= 0.3 is 0 Å². The highest BCUT2D eigenvalue weighted by atomic mass is 35.5. The van der Waals surface area contributed by atoms with E-state index < -0.39 is 0 Å². The molecule has 0 aromatic heterocycles. The molecular weight excluding hydrogens is 246 g/mol. The average Bonchev–Trinajstić information content (AvgIpc) is 2.38. The molecule has 108 valence electrons. The predicted octanol–water partition coefficient (Wildman–Crippen LogP) is 1.82. The monoisotopic (exact) mass is 275 g/mol. The number of halogens is 1. The maximum absolute atomic E-state index is 3.52. The smallest absolute Gasteiger partial charge is 0.0113 e. The minimum Gasteiger partial charge on any atom is -0.316 e. The van der Waals surface area contributed by atoms with E-state index in [0.717, 1.165) is 12.0 Å². The summed E-state index contributed by atoms with van der Waals surface area (Å²) in [7, 11) is 0. The average molecular weight is 276 g/mol.